The molecule has 2 amide bonds. The third-order valence-corrected chi connectivity index (χ3v) is 5.36. The van der Waals surface area contributed by atoms with Gasteiger partial charge in [-0.3, -0.25) is 9.59 Å². The number of piperidine rings is 1. The Bertz CT molecular complexity index is 823. The topological polar surface area (TPSA) is 49.4 Å². The van der Waals surface area contributed by atoms with Crippen molar-refractivity contribution in [3.8, 4) is 0 Å². The van der Waals surface area contributed by atoms with Gasteiger partial charge in [-0.05, 0) is 50.1 Å². The first-order valence-electron chi connectivity index (χ1n) is 8.62. The molecule has 4 nitrogen and oxygen atoms in total. The van der Waals surface area contributed by atoms with Crippen LogP contribution in [0, 0.1) is 12.7 Å². The zero-order valence-corrected chi connectivity index (χ0v) is 15.4. The minimum Gasteiger partial charge on any atom is -0.350 e. The highest BCUT2D eigenvalue weighted by molar-refractivity contribution is 7.12. The summed E-state index contributed by atoms with van der Waals surface area (Å²) in [6.07, 6.45) is 4.68. The van der Waals surface area contributed by atoms with Crippen LogP contribution in [0.1, 0.15) is 33.0 Å². The van der Waals surface area contributed by atoms with E-state index in [4.69, 9.17) is 0 Å². The Balaban J connectivity index is 1.49. The number of carbonyl (C=O) groups excluding carboxylic acids is 2. The third-order valence-electron chi connectivity index (χ3n) is 4.39. The number of likely N-dealkylation sites (tertiary alicyclic amines) is 1. The second-order valence-corrected chi connectivity index (χ2v) is 7.66. The van der Waals surface area contributed by atoms with Gasteiger partial charge < -0.3 is 10.2 Å². The van der Waals surface area contributed by atoms with Gasteiger partial charge in [0.15, 0.2) is 0 Å². The molecule has 0 aliphatic carbocycles. The van der Waals surface area contributed by atoms with Crippen LogP contribution < -0.4 is 5.32 Å². The molecule has 1 fully saturated rings. The fourth-order valence-electron chi connectivity index (χ4n) is 2.98. The summed E-state index contributed by atoms with van der Waals surface area (Å²) in [5.41, 5.74) is 0.101. The highest BCUT2D eigenvalue weighted by Crippen LogP contribution is 2.17. The summed E-state index contributed by atoms with van der Waals surface area (Å²) in [5.74, 6) is -0.919. The highest BCUT2D eigenvalue weighted by Gasteiger charge is 2.25. The monoisotopic (exact) mass is 372 g/mol. The van der Waals surface area contributed by atoms with Crippen molar-refractivity contribution in [2.45, 2.75) is 25.8 Å². The van der Waals surface area contributed by atoms with Gasteiger partial charge in [-0.2, -0.15) is 0 Å². The van der Waals surface area contributed by atoms with Gasteiger partial charge in [0.05, 0.1) is 5.56 Å². The number of halogens is 1. The predicted molar refractivity (Wildman–Crippen MR) is 102 cm³/mol. The first-order valence-corrected chi connectivity index (χ1v) is 9.43. The molecule has 1 aromatic carbocycles. The van der Waals surface area contributed by atoms with Crippen molar-refractivity contribution in [3.63, 3.8) is 0 Å². The fourth-order valence-corrected chi connectivity index (χ4v) is 3.76. The Morgan fingerprint density at radius 3 is 2.58 bits per heavy atom. The summed E-state index contributed by atoms with van der Waals surface area (Å²) in [6.45, 7) is 3.04. The molecule has 0 saturated carbocycles. The van der Waals surface area contributed by atoms with Crippen LogP contribution in [0.25, 0.3) is 6.08 Å². The summed E-state index contributed by atoms with van der Waals surface area (Å²) in [5, 5.41) is 2.97. The Kier molecular flexibility index (Phi) is 5.83. The minimum absolute atomic E-state index is 0.0295. The number of hydrogen-bond acceptors (Lipinski definition) is 3. The van der Waals surface area contributed by atoms with E-state index in [-0.39, 0.29) is 23.4 Å². The molecule has 0 radical (unpaired) electrons. The molecule has 0 atom stereocenters. The lowest BCUT2D eigenvalue weighted by atomic mass is 10.0. The van der Waals surface area contributed by atoms with Gasteiger partial charge in [0, 0.05) is 35.0 Å². The van der Waals surface area contributed by atoms with Crippen LogP contribution in [0.15, 0.2) is 42.5 Å². The van der Waals surface area contributed by atoms with Gasteiger partial charge in [0.25, 0.3) is 5.91 Å². The maximum atomic E-state index is 13.8. The van der Waals surface area contributed by atoms with E-state index in [1.807, 2.05) is 25.1 Å². The van der Waals surface area contributed by atoms with Crippen LogP contribution in [0.3, 0.4) is 0 Å². The van der Waals surface area contributed by atoms with E-state index in [2.05, 4.69) is 5.32 Å². The molecule has 1 aliphatic rings. The smallest absolute Gasteiger partial charge is 0.256 e. The van der Waals surface area contributed by atoms with Crippen LogP contribution in [-0.2, 0) is 4.79 Å². The van der Waals surface area contributed by atoms with Crippen molar-refractivity contribution in [2.24, 2.45) is 0 Å². The largest absolute Gasteiger partial charge is 0.350 e. The summed E-state index contributed by atoms with van der Waals surface area (Å²) in [6, 6.07) is 10.1. The molecule has 2 aromatic rings. The van der Waals surface area contributed by atoms with Crippen molar-refractivity contribution in [1.82, 2.24) is 10.2 Å². The van der Waals surface area contributed by atoms with Crippen LogP contribution in [0.4, 0.5) is 4.39 Å². The first kappa shape index (κ1) is 18.3. The van der Waals surface area contributed by atoms with Crippen molar-refractivity contribution in [2.75, 3.05) is 13.1 Å². The number of thiophene rings is 1. The van der Waals surface area contributed by atoms with E-state index < -0.39 is 5.82 Å². The molecular formula is C20H21FN2O2S. The number of benzene rings is 1. The van der Waals surface area contributed by atoms with Crippen LogP contribution in [-0.4, -0.2) is 35.8 Å². The molecule has 136 valence electrons. The molecule has 26 heavy (non-hydrogen) atoms. The maximum absolute atomic E-state index is 13.8. The highest BCUT2D eigenvalue weighted by atomic mass is 32.1. The Morgan fingerprint density at radius 2 is 1.92 bits per heavy atom. The van der Waals surface area contributed by atoms with Gasteiger partial charge in [-0.25, -0.2) is 4.39 Å². The van der Waals surface area contributed by atoms with E-state index in [1.165, 1.54) is 17.0 Å². The van der Waals surface area contributed by atoms with E-state index in [1.54, 1.807) is 34.4 Å². The lowest BCUT2D eigenvalue weighted by Crippen LogP contribution is -2.46. The van der Waals surface area contributed by atoms with Gasteiger partial charge in [0.2, 0.25) is 5.91 Å². The summed E-state index contributed by atoms with van der Waals surface area (Å²) >= 11 is 1.64. The molecule has 1 N–H and O–H groups in total. The second-order valence-electron chi connectivity index (χ2n) is 6.34. The maximum Gasteiger partial charge on any atom is 0.256 e. The number of carbonyl (C=O) groups is 2. The number of amides is 2. The normalized spacial score (nSPS) is 15.4. The minimum atomic E-state index is -0.498. The van der Waals surface area contributed by atoms with Gasteiger partial charge >= 0.3 is 0 Å². The summed E-state index contributed by atoms with van der Waals surface area (Å²) < 4.78 is 13.8. The van der Waals surface area contributed by atoms with Crippen LogP contribution >= 0.6 is 11.3 Å². The van der Waals surface area contributed by atoms with E-state index >= 15 is 0 Å². The number of nitrogens with zero attached hydrogens (tertiary/aromatic N) is 1. The number of hydrogen-bond donors (Lipinski definition) is 1. The molecule has 1 aliphatic heterocycles. The van der Waals surface area contributed by atoms with Crippen molar-refractivity contribution in [1.29, 1.82) is 0 Å². The van der Waals surface area contributed by atoms with Crippen LogP contribution in [0.5, 0.6) is 0 Å². The quantitative estimate of drug-likeness (QED) is 0.833. The molecule has 1 aromatic heterocycles. The average Bonchev–Trinajstić information content (AvgIpc) is 3.06. The zero-order chi connectivity index (χ0) is 18.5. The van der Waals surface area contributed by atoms with Gasteiger partial charge in [0.1, 0.15) is 5.82 Å². The predicted octanol–water partition coefficient (Wildman–Crippen LogP) is 3.63. The van der Waals surface area contributed by atoms with Gasteiger partial charge in [-0.1, -0.05) is 12.1 Å². The SMILES string of the molecule is Cc1ccc(/C=C/C(=O)NC2CCN(C(=O)c3ccccc3F)CC2)s1. The number of nitrogens with one attached hydrogen (secondary N) is 1. The van der Waals surface area contributed by atoms with Crippen molar-refractivity contribution >= 4 is 29.2 Å². The molecule has 0 unspecified atom stereocenters. The average molecular weight is 372 g/mol. The summed E-state index contributed by atoms with van der Waals surface area (Å²) in [4.78, 5) is 28.3. The lowest BCUT2D eigenvalue weighted by Gasteiger charge is -2.32. The molecule has 3 rings (SSSR count). The molecule has 0 spiro atoms. The Morgan fingerprint density at radius 1 is 1.19 bits per heavy atom. The molecule has 2 heterocycles. The number of aryl methyl sites for hydroxylation is 1. The molecule has 6 heteroatoms. The van der Waals surface area contributed by atoms with Crippen molar-refractivity contribution < 1.29 is 14.0 Å². The van der Waals surface area contributed by atoms with Gasteiger partial charge in [-0.15, -0.1) is 11.3 Å². The molecule has 0 bridgehead atoms. The molecular weight excluding hydrogens is 351 g/mol. The number of rotatable bonds is 4. The van der Waals surface area contributed by atoms with Crippen molar-refractivity contribution in [3.05, 3.63) is 63.6 Å². The van der Waals surface area contributed by atoms with E-state index in [0.29, 0.717) is 25.9 Å². The van der Waals surface area contributed by atoms with Crippen LogP contribution in [0.2, 0.25) is 0 Å². The zero-order valence-electron chi connectivity index (χ0n) is 14.6. The van der Waals surface area contributed by atoms with E-state index in [9.17, 15) is 14.0 Å². The Labute approximate surface area is 156 Å². The molecule has 1 saturated heterocycles. The first-order chi connectivity index (χ1) is 12.5. The third kappa shape index (κ3) is 4.58. The fraction of sp³-hybridized carbons (Fsp3) is 0.300. The lowest BCUT2D eigenvalue weighted by molar-refractivity contribution is -0.117. The Hall–Kier alpha value is -2.47. The van der Waals surface area contributed by atoms with E-state index in [0.717, 1.165) is 4.88 Å². The second kappa shape index (κ2) is 8.27. The standard InChI is InChI=1S/C20H21FN2O2S/c1-14-6-7-16(26-14)8-9-19(24)22-15-10-12-23(13-11-15)20(25)17-4-2-3-5-18(17)21/h2-9,15H,10-13H2,1H3,(H,22,24)/b9-8+. The summed E-state index contributed by atoms with van der Waals surface area (Å²) in [7, 11) is 0.